The summed E-state index contributed by atoms with van der Waals surface area (Å²) in [6, 6.07) is 18.4. The molecule has 3 aromatic rings. The van der Waals surface area contributed by atoms with Crippen LogP contribution in [0, 0.1) is 45.6 Å². The largest absolute Gasteiger partial charge is 0.295 e. The molecule has 0 aliphatic heterocycles. The van der Waals surface area contributed by atoms with Crippen LogP contribution in [0.4, 0.5) is 5.69 Å². The average Bonchev–Trinajstić information content (AvgIpc) is 3.01. The zero-order valence-corrected chi connectivity index (χ0v) is 14.9. The van der Waals surface area contributed by atoms with Crippen molar-refractivity contribution in [1.82, 2.24) is 9.78 Å². The van der Waals surface area contributed by atoms with Crippen molar-refractivity contribution in [2.24, 2.45) is 5.92 Å². The number of nitrogens with one attached hydrogen (secondary N) is 1. The minimum atomic E-state index is -1.19. The molecule has 0 bridgehead atoms. The fourth-order valence-electron chi connectivity index (χ4n) is 3.22. The average molecular weight is 373 g/mol. The summed E-state index contributed by atoms with van der Waals surface area (Å²) >= 11 is 0. The number of benzene rings is 2. The van der Waals surface area contributed by atoms with Crippen molar-refractivity contribution in [2.45, 2.75) is 12.8 Å². The van der Waals surface area contributed by atoms with Crippen LogP contribution in [-0.4, -0.2) is 14.7 Å². The normalized spacial score (nSPS) is 11.6. The third kappa shape index (κ3) is 3.27. The number of nitrogens with zero attached hydrogens (tertiary/aromatic N) is 4. The number of hydrogen-bond donors (Lipinski definition) is 1. The molecule has 1 heterocycles. The Morgan fingerprint density at radius 3 is 2.39 bits per heavy atom. The predicted molar refractivity (Wildman–Crippen MR) is 101 cm³/mol. The highest BCUT2D eigenvalue weighted by Crippen LogP contribution is 2.33. The topological polar surface area (TPSA) is 129 Å². The van der Waals surface area contributed by atoms with Crippen LogP contribution in [0.15, 0.2) is 59.4 Å². The molecule has 0 aliphatic rings. The summed E-state index contributed by atoms with van der Waals surface area (Å²) in [4.78, 5) is 23.7. The Kier molecular flexibility index (Phi) is 5.05. The first-order chi connectivity index (χ1) is 13.5. The van der Waals surface area contributed by atoms with Gasteiger partial charge in [-0.2, -0.15) is 10.5 Å². The third-order valence-corrected chi connectivity index (χ3v) is 4.49. The van der Waals surface area contributed by atoms with Crippen molar-refractivity contribution < 1.29 is 4.92 Å². The molecule has 3 rings (SSSR count). The molecule has 28 heavy (non-hydrogen) atoms. The van der Waals surface area contributed by atoms with E-state index in [1.54, 1.807) is 37.3 Å². The molecule has 0 spiro atoms. The summed E-state index contributed by atoms with van der Waals surface area (Å²) in [7, 11) is 0. The van der Waals surface area contributed by atoms with E-state index in [1.807, 2.05) is 18.2 Å². The summed E-state index contributed by atoms with van der Waals surface area (Å²) in [5.41, 5.74) is 1.11. The number of hydrogen-bond acceptors (Lipinski definition) is 5. The second-order valence-electron chi connectivity index (χ2n) is 6.19. The Labute approximate surface area is 160 Å². The van der Waals surface area contributed by atoms with E-state index in [0.29, 0.717) is 16.9 Å². The van der Waals surface area contributed by atoms with Crippen LogP contribution in [0.3, 0.4) is 0 Å². The number of nitriles is 2. The molecular formula is C20H15N5O3. The Bertz CT molecular complexity index is 1150. The lowest BCUT2D eigenvalue weighted by molar-refractivity contribution is -0.384. The van der Waals surface area contributed by atoms with E-state index < -0.39 is 22.3 Å². The first kappa shape index (κ1) is 18.6. The molecule has 1 aromatic heterocycles. The minimum absolute atomic E-state index is 0.172. The highest BCUT2D eigenvalue weighted by Gasteiger charge is 2.32. The van der Waals surface area contributed by atoms with E-state index in [0.717, 1.165) is 0 Å². The number of rotatable bonds is 5. The maximum Gasteiger partial charge on any atom is 0.275 e. The number of nitro groups is 1. The number of non-ortho nitro benzene ring substituents is 1. The van der Waals surface area contributed by atoms with Gasteiger partial charge >= 0.3 is 0 Å². The number of para-hydroxylation sites is 1. The highest BCUT2D eigenvalue weighted by molar-refractivity contribution is 5.44. The summed E-state index contributed by atoms with van der Waals surface area (Å²) in [6.45, 7) is 1.67. The van der Waals surface area contributed by atoms with E-state index >= 15 is 0 Å². The van der Waals surface area contributed by atoms with Gasteiger partial charge in [0.2, 0.25) is 0 Å². The first-order valence-electron chi connectivity index (χ1n) is 8.38. The number of H-pyrrole nitrogens is 1. The quantitative estimate of drug-likeness (QED) is 0.542. The maximum atomic E-state index is 13.1. The van der Waals surface area contributed by atoms with Gasteiger partial charge in [-0.3, -0.25) is 20.0 Å². The van der Waals surface area contributed by atoms with Gasteiger partial charge in [0.15, 0.2) is 0 Å². The Morgan fingerprint density at radius 1 is 1.11 bits per heavy atom. The molecule has 1 unspecified atom stereocenters. The molecule has 8 heteroatoms. The van der Waals surface area contributed by atoms with Gasteiger partial charge < -0.3 is 0 Å². The van der Waals surface area contributed by atoms with Gasteiger partial charge in [-0.15, -0.1) is 0 Å². The van der Waals surface area contributed by atoms with Gasteiger partial charge in [0, 0.05) is 29.3 Å². The van der Waals surface area contributed by atoms with E-state index in [4.69, 9.17) is 0 Å². The molecule has 8 nitrogen and oxygen atoms in total. The van der Waals surface area contributed by atoms with Gasteiger partial charge in [0.05, 0.1) is 22.7 Å². The van der Waals surface area contributed by atoms with Crippen LogP contribution in [0.1, 0.15) is 22.7 Å². The van der Waals surface area contributed by atoms with E-state index in [2.05, 4.69) is 5.10 Å². The van der Waals surface area contributed by atoms with Crippen molar-refractivity contribution >= 4 is 5.69 Å². The second kappa shape index (κ2) is 7.60. The smallest absolute Gasteiger partial charge is 0.275 e. The van der Waals surface area contributed by atoms with Crippen LogP contribution in [-0.2, 0) is 0 Å². The van der Waals surface area contributed by atoms with E-state index in [1.165, 1.54) is 22.9 Å². The summed E-state index contributed by atoms with van der Waals surface area (Å²) in [5, 5.41) is 33.1. The highest BCUT2D eigenvalue weighted by atomic mass is 16.6. The van der Waals surface area contributed by atoms with Crippen LogP contribution in [0.25, 0.3) is 5.69 Å². The molecule has 1 N–H and O–H groups in total. The fourth-order valence-corrected chi connectivity index (χ4v) is 3.22. The molecule has 0 radical (unpaired) electrons. The molecule has 0 fully saturated rings. The van der Waals surface area contributed by atoms with Crippen LogP contribution < -0.4 is 5.56 Å². The van der Waals surface area contributed by atoms with Gasteiger partial charge in [-0.1, -0.05) is 30.3 Å². The Morgan fingerprint density at radius 2 is 1.79 bits per heavy atom. The number of nitro benzene ring substituents is 1. The molecule has 0 aliphatic carbocycles. The number of aryl methyl sites for hydroxylation is 1. The van der Waals surface area contributed by atoms with Crippen molar-refractivity contribution in [3.05, 3.63) is 91.9 Å². The molecule has 2 aromatic carbocycles. The molecule has 0 saturated carbocycles. The summed E-state index contributed by atoms with van der Waals surface area (Å²) in [6.07, 6.45) is 0. The lowest BCUT2D eigenvalue weighted by Crippen LogP contribution is -2.23. The third-order valence-electron chi connectivity index (χ3n) is 4.49. The molecular weight excluding hydrogens is 358 g/mol. The van der Waals surface area contributed by atoms with Gasteiger partial charge in [0.1, 0.15) is 5.92 Å². The van der Waals surface area contributed by atoms with Crippen molar-refractivity contribution in [1.29, 1.82) is 10.5 Å². The first-order valence-corrected chi connectivity index (χ1v) is 8.38. The van der Waals surface area contributed by atoms with E-state index in [9.17, 15) is 25.4 Å². The minimum Gasteiger partial charge on any atom is -0.295 e. The maximum absolute atomic E-state index is 13.1. The van der Waals surface area contributed by atoms with Crippen molar-refractivity contribution in [3.63, 3.8) is 0 Å². The van der Waals surface area contributed by atoms with E-state index in [-0.39, 0.29) is 11.3 Å². The van der Waals surface area contributed by atoms with Crippen LogP contribution in [0.2, 0.25) is 0 Å². The summed E-state index contributed by atoms with van der Waals surface area (Å²) < 4.78 is 1.33. The van der Waals surface area contributed by atoms with Gasteiger partial charge in [0.25, 0.3) is 11.2 Å². The van der Waals surface area contributed by atoms with Gasteiger partial charge in [-0.25, -0.2) is 4.68 Å². The standard InChI is InChI=1S/C20H15N5O3/c1-13-18(20(26)24(23-13)16-7-3-2-4-8-16)19(15(11-21)12-22)14-6-5-9-17(10-14)25(27)28/h2-10,15,19,23H,1H3. The van der Waals surface area contributed by atoms with Crippen LogP contribution in [0.5, 0.6) is 0 Å². The van der Waals surface area contributed by atoms with Crippen LogP contribution >= 0.6 is 0 Å². The Hall–Kier alpha value is -4.17. The molecule has 0 amide bonds. The van der Waals surface area contributed by atoms with Crippen molar-refractivity contribution in [2.75, 3.05) is 0 Å². The number of aromatic nitrogens is 2. The SMILES string of the molecule is Cc1[nH]n(-c2ccccc2)c(=O)c1C(c1cccc([N+](=O)[O-])c1)C(C#N)C#N. The molecule has 0 saturated heterocycles. The Balaban J connectivity index is 2.24. The lowest BCUT2D eigenvalue weighted by atomic mass is 9.82. The second-order valence-corrected chi connectivity index (χ2v) is 6.19. The molecule has 1 atom stereocenters. The fraction of sp³-hybridized carbons (Fsp3) is 0.150. The van der Waals surface area contributed by atoms with Crippen molar-refractivity contribution in [3.8, 4) is 17.8 Å². The predicted octanol–water partition coefficient (Wildman–Crippen LogP) is 3.18. The monoisotopic (exact) mass is 373 g/mol. The zero-order chi connectivity index (χ0) is 20.3. The zero-order valence-electron chi connectivity index (χ0n) is 14.9. The number of aromatic amines is 1. The lowest BCUT2D eigenvalue weighted by Gasteiger charge is -2.16. The molecule has 138 valence electrons. The van der Waals surface area contributed by atoms with Gasteiger partial charge in [-0.05, 0) is 24.6 Å². The summed E-state index contributed by atoms with van der Waals surface area (Å²) in [5.74, 6) is -2.11.